The highest BCUT2D eigenvalue weighted by Gasteiger charge is 2.63. The lowest BCUT2D eigenvalue weighted by atomic mass is 9.81. The van der Waals surface area contributed by atoms with E-state index in [1.165, 1.54) is 0 Å². The van der Waals surface area contributed by atoms with Gasteiger partial charge in [0.25, 0.3) is 0 Å². The van der Waals surface area contributed by atoms with Crippen LogP contribution in [0.15, 0.2) is 0 Å². The SMILES string of the molecule is CCCCOC(=O)C1(C(=O)OCC)NCC2C(O)CCC21. The molecule has 4 atom stereocenters. The third-order valence-electron chi connectivity index (χ3n) is 4.61. The molecular weight excluding hydrogens is 274 g/mol. The molecule has 2 fully saturated rings. The fourth-order valence-corrected chi connectivity index (χ4v) is 3.47. The molecule has 0 amide bonds. The van der Waals surface area contributed by atoms with E-state index in [0.29, 0.717) is 26.0 Å². The number of hydrogen-bond acceptors (Lipinski definition) is 6. The maximum atomic E-state index is 12.5. The standard InChI is InChI=1S/C15H25NO5/c1-3-5-8-21-14(19)15(13(18)20-4-2)11-6-7-12(17)10(11)9-16-15/h10-12,16-17H,3-9H2,1-2H3. The van der Waals surface area contributed by atoms with Crippen molar-refractivity contribution in [3.05, 3.63) is 0 Å². The molecule has 2 rings (SSSR count). The molecule has 6 heteroatoms. The molecule has 0 aromatic rings. The number of aliphatic hydroxyl groups excluding tert-OH is 1. The fourth-order valence-electron chi connectivity index (χ4n) is 3.47. The highest BCUT2D eigenvalue weighted by Crippen LogP contribution is 2.44. The highest BCUT2D eigenvalue weighted by molar-refractivity contribution is 6.06. The Labute approximate surface area is 125 Å². The van der Waals surface area contributed by atoms with Gasteiger partial charge in [-0.1, -0.05) is 13.3 Å². The van der Waals surface area contributed by atoms with Crippen molar-refractivity contribution >= 4 is 11.9 Å². The molecule has 1 saturated carbocycles. The summed E-state index contributed by atoms with van der Waals surface area (Å²) in [6.07, 6.45) is 2.45. The quantitative estimate of drug-likeness (QED) is 0.425. The van der Waals surface area contributed by atoms with Gasteiger partial charge in [-0.25, -0.2) is 9.59 Å². The number of unbranched alkanes of at least 4 members (excludes halogenated alkanes) is 1. The first kappa shape index (κ1) is 16.2. The van der Waals surface area contributed by atoms with Gasteiger partial charge < -0.3 is 14.6 Å². The van der Waals surface area contributed by atoms with E-state index in [1.807, 2.05) is 6.92 Å². The number of hydrogen-bond donors (Lipinski definition) is 2. The number of esters is 2. The maximum Gasteiger partial charge on any atom is 0.338 e. The first-order chi connectivity index (χ1) is 10.1. The lowest BCUT2D eigenvalue weighted by Gasteiger charge is -2.30. The average Bonchev–Trinajstić information content (AvgIpc) is 3.01. The van der Waals surface area contributed by atoms with Gasteiger partial charge in [0.05, 0.1) is 19.3 Å². The second-order valence-corrected chi connectivity index (χ2v) is 5.81. The van der Waals surface area contributed by atoms with E-state index < -0.39 is 23.6 Å². The third-order valence-corrected chi connectivity index (χ3v) is 4.61. The van der Waals surface area contributed by atoms with Gasteiger partial charge in [0, 0.05) is 18.4 Å². The molecule has 6 nitrogen and oxygen atoms in total. The average molecular weight is 299 g/mol. The van der Waals surface area contributed by atoms with E-state index in [1.54, 1.807) is 6.92 Å². The lowest BCUT2D eigenvalue weighted by Crippen LogP contribution is -2.60. The van der Waals surface area contributed by atoms with Crippen LogP contribution in [0.3, 0.4) is 0 Å². The van der Waals surface area contributed by atoms with Crippen molar-refractivity contribution in [2.75, 3.05) is 19.8 Å². The van der Waals surface area contributed by atoms with Crippen LogP contribution < -0.4 is 5.32 Å². The summed E-state index contributed by atoms with van der Waals surface area (Å²) >= 11 is 0. The summed E-state index contributed by atoms with van der Waals surface area (Å²) in [7, 11) is 0. The van der Waals surface area contributed by atoms with Crippen molar-refractivity contribution < 1.29 is 24.2 Å². The second-order valence-electron chi connectivity index (χ2n) is 5.81. The molecule has 0 aromatic heterocycles. The third kappa shape index (κ3) is 2.79. The lowest BCUT2D eigenvalue weighted by molar-refractivity contribution is -0.168. The molecular formula is C15H25NO5. The first-order valence-electron chi connectivity index (χ1n) is 7.85. The number of carbonyl (C=O) groups excluding carboxylic acids is 2. The minimum atomic E-state index is -1.44. The van der Waals surface area contributed by atoms with Crippen molar-refractivity contribution in [3.63, 3.8) is 0 Å². The van der Waals surface area contributed by atoms with E-state index in [4.69, 9.17) is 9.47 Å². The fraction of sp³-hybridized carbons (Fsp3) is 0.867. The van der Waals surface area contributed by atoms with Gasteiger partial charge in [-0.05, 0) is 26.2 Å². The van der Waals surface area contributed by atoms with Crippen LogP contribution in [0.5, 0.6) is 0 Å². The van der Waals surface area contributed by atoms with E-state index >= 15 is 0 Å². The Bertz CT molecular complexity index is 400. The van der Waals surface area contributed by atoms with Crippen molar-refractivity contribution in [3.8, 4) is 0 Å². The molecule has 0 spiro atoms. The van der Waals surface area contributed by atoms with E-state index in [2.05, 4.69) is 5.32 Å². The number of aliphatic hydroxyl groups is 1. The predicted octanol–water partition coefficient (Wildman–Crippen LogP) is 0.622. The second kappa shape index (κ2) is 6.75. The monoisotopic (exact) mass is 299 g/mol. The topological polar surface area (TPSA) is 84.9 Å². The van der Waals surface area contributed by atoms with E-state index in [-0.39, 0.29) is 18.4 Å². The zero-order valence-corrected chi connectivity index (χ0v) is 12.8. The maximum absolute atomic E-state index is 12.5. The molecule has 1 aliphatic heterocycles. The zero-order chi connectivity index (χ0) is 15.5. The van der Waals surface area contributed by atoms with Crippen molar-refractivity contribution in [1.82, 2.24) is 5.32 Å². The summed E-state index contributed by atoms with van der Waals surface area (Å²) in [5, 5.41) is 13.0. The van der Waals surface area contributed by atoms with Crippen molar-refractivity contribution in [2.45, 2.75) is 51.2 Å². The van der Waals surface area contributed by atoms with Gasteiger partial charge in [-0.3, -0.25) is 5.32 Å². The normalized spacial score (nSPS) is 34.5. The molecule has 0 aromatic carbocycles. The summed E-state index contributed by atoms with van der Waals surface area (Å²) in [6, 6.07) is 0. The molecule has 4 unspecified atom stereocenters. The Balaban J connectivity index is 2.19. The highest BCUT2D eigenvalue weighted by atomic mass is 16.6. The Morgan fingerprint density at radius 1 is 1.24 bits per heavy atom. The Morgan fingerprint density at radius 2 is 1.95 bits per heavy atom. The molecule has 120 valence electrons. The summed E-state index contributed by atoms with van der Waals surface area (Å²) in [4.78, 5) is 25.0. The molecule has 0 radical (unpaired) electrons. The Morgan fingerprint density at radius 3 is 2.62 bits per heavy atom. The van der Waals surface area contributed by atoms with Crippen LogP contribution in [0, 0.1) is 11.8 Å². The van der Waals surface area contributed by atoms with Gasteiger partial charge in [-0.15, -0.1) is 0 Å². The molecule has 0 bridgehead atoms. The van der Waals surface area contributed by atoms with Gasteiger partial charge in [-0.2, -0.15) is 0 Å². The molecule has 1 heterocycles. The molecule has 1 aliphatic carbocycles. The van der Waals surface area contributed by atoms with Crippen molar-refractivity contribution in [1.29, 1.82) is 0 Å². The number of carbonyl (C=O) groups is 2. The molecule has 1 saturated heterocycles. The molecule has 21 heavy (non-hydrogen) atoms. The minimum absolute atomic E-state index is 0.0897. The molecule has 2 aliphatic rings. The van der Waals surface area contributed by atoms with E-state index in [0.717, 1.165) is 12.8 Å². The van der Waals surface area contributed by atoms with Crippen LogP contribution in [0.4, 0.5) is 0 Å². The van der Waals surface area contributed by atoms with Crippen LogP contribution in [0.1, 0.15) is 39.5 Å². The van der Waals surface area contributed by atoms with Crippen LogP contribution in [0.2, 0.25) is 0 Å². The first-order valence-corrected chi connectivity index (χ1v) is 7.85. The largest absolute Gasteiger partial charge is 0.464 e. The van der Waals surface area contributed by atoms with E-state index in [9.17, 15) is 14.7 Å². The summed E-state index contributed by atoms with van der Waals surface area (Å²) in [6.45, 7) is 4.67. The van der Waals surface area contributed by atoms with Crippen LogP contribution >= 0.6 is 0 Å². The summed E-state index contributed by atoms with van der Waals surface area (Å²) < 4.78 is 10.4. The van der Waals surface area contributed by atoms with Crippen LogP contribution in [-0.2, 0) is 19.1 Å². The number of nitrogens with one attached hydrogen (secondary N) is 1. The number of rotatable bonds is 6. The zero-order valence-electron chi connectivity index (χ0n) is 12.8. The molecule has 2 N–H and O–H groups in total. The van der Waals surface area contributed by atoms with Gasteiger partial charge in [0.1, 0.15) is 0 Å². The summed E-state index contributed by atoms with van der Waals surface area (Å²) in [5.74, 6) is -1.47. The van der Waals surface area contributed by atoms with Crippen LogP contribution in [0.25, 0.3) is 0 Å². The number of ether oxygens (including phenoxy) is 2. The van der Waals surface area contributed by atoms with Gasteiger partial charge in [0.15, 0.2) is 0 Å². The van der Waals surface area contributed by atoms with Crippen LogP contribution in [-0.4, -0.2) is 48.4 Å². The van der Waals surface area contributed by atoms with Crippen molar-refractivity contribution in [2.24, 2.45) is 11.8 Å². The Kier molecular flexibility index (Phi) is 5.22. The minimum Gasteiger partial charge on any atom is -0.464 e. The van der Waals surface area contributed by atoms with Gasteiger partial charge >= 0.3 is 11.9 Å². The Hall–Kier alpha value is -1.14. The number of fused-ring (bicyclic) bond motifs is 1. The van der Waals surface area contributed by atoms with Gasteiger partial charge in [0.2, 0.25) is 5.54 Å². The smallest absolute Gasteiger partial charge is 0.338 e. The summed E-state index contributed by atoms with van der Waals surface area (Å²) in [5.41, 5.74) is -1.44. The predicted molar refractivity (Wildman–Crippen MR) is 75.5 cm³/mol.